The smallest absolute Gasteiger partial charge is 0.253 e. The Balaban J connectivity index is 2.29. The normalized spacial score (nSPS) is 19.0. The van der Waals surface area contributed by atoms with Crippen LogP contribution in [-0.2, 0) is 10.0 Å². The number of likely N-dealkylation sites (tertiary alicyclic amines) is 1. The molecule has 2 rings (SSSR count). The average molecular weight is 315 g/mol. The third-order valence-electron chi connectivity index (χ3n) is 3.64. The zero-order valence-corrected chi connectivity index (χ0v) is 12.5. The van der Waals surface area contributed by atoms with E-state index in [2.05, 4.69) is 0 Å². The average Bonchev–Trinajstić information content (AvgIpc) is 2.95. The predicted octanol–water partition coefficient (Wildman–Crippen LogP) is 0.155. The standard InChI is InChI=1S/C13H18FN3O3S/c1-16-21(19,20)12-6-10(2-3-11(12)14)13(18)17-5-4-9(7-15)8-17/h2-3,6,9,16H,4-5,7-8,15H2,1H3/t9-/m1/s1. The molecular formula is C13H18FN3O3S. The van der Waals surface area contributed by atoms with E-state index in [0.29, 0.717) is 19.6 Å². The Kier molecular flexibility index (Phi) is 4.60. The second-order valence-corrected chi connectivity index (χ2v) is 6.85. The van der Waals surface area contributed by atoms with Gasteiger partial charge in [-0.15, -0.1) is 0 Å². The van der Waals surface area contributed by atoms with Gasteiger partial charge in [-0.05, 0) is 44.1 Å². The van der Waals surface area contributed by atoms with E-state index in [1.165, 1.54) is 13.1 Å². The quantitative estimate of drug-likeness (QED) is 0.827. The lowest BCUT2D eigenvalue weighted by Gasteiger charge is -2.17. The van der Waals surface area contributed by atoms with Crippen molar-refractivity contribution < 1.29 is 17.6 Å². The molecule has 6 nitrogen and oxygen atoms in total. The Labute approximate surface area is 123 Å². The Hall–Kier alpha value is -1.51. The van der Waals surface area contributed by atoms with Crippen molar-refractivity contribution >= 4 is 15.9 Å². The molecule has 1 heterocycles. The van der Waals surface area contributed by atoms with Crippen LogP contribution in [-0.4, -0.2) is 45.9 Å². The molecule has 0 saturated carbocycles. The molecular weight excluding hydrogens is 297 g/mol. The number of halogens is 1. The number of hydrogen-bond donors (Lipinski definition) is 2. The number of benzene rings is 1. The Morgan fingerprint density at radius 3 is 2.81 bits per heavy atom. The first-order valence-corrected chi connectivity index (χ1v) is 8.09. The number of carbonyl (C=O) groups is 1. The second kappa shape index (κ2) is 6.08. The number of hydrogen-bond acceptors (Lipinski definition) is 4. The molecule has 1 aliphatic rings. The maximum absolute atomic E-state index is 13.6. The molecule has 0 aliphatic carbocycles. The SMILES string of the molecule is CNS(=O)(=O)c1cc(C(=O)N2CC[C@H](CN)C2)ccc1F. The monoisotopic (exact) mass is 315 g/mol. The third-order valence-corrected chi connectivity index (χ3v) is 5.07. The molecule has 8 heteroatoms. The van der Waals surface area contributed by atoms with Gasteiger partial charge < -0.3 is 10.6 Å². The third kappa shape index (κ3) is 3.22. The molecule has 0 aromatic heterocycles. The van der Waals surface area contributed by atoms with Crippen LogP contribution in [0.4, 0.5) is 4.39 Å². The number of rotatable bonds is 4. The highest BCUT2D eigenvalue weighted by atomic mass is 32.2. The molecule has 1 saturated heterocycles. The van der Waals surface area contributed by atoms with Crippen molar-refractivity contribution in [2.24, 2.45) is 11.7 Å². The van der Waals surface area contributed by atoms with E-state index in [-0.39, 0.29) is 17.4 Å². The van der Waals surface area contributed by atoms with Gasteiger partial charge in [0.2, 0.25) is 10.0 Å². The Morgan fingerprint density at radius 1 is 1.52 bits per heavy atom. The molecule has 3 N–H and O–H groups in total. The van der Waals surface area contributed by atoms with Crippen molar-refractivity contribution in [1.29, 1.82) is 0 Å². The highest BCUT2D eigenvalue weighted by molar-refractivity contribution is 7.89. The predicted molar refractivity (Wildman–Crippen MR) is 75.7 cm³/mol. The molecule has 1 amide bonds. The van der Waals surface area contributed by atoms with E-state index in [4.69, 9.17) is 5.73 Å². The minimum atomic E-state index is -3.94. The molecule has 1 aromatic rings. The molecule has 0 unspecified atom stereocenters. The minimum absolute atomic E-state index is 0.155. The van der Waals surface area contributed by atoms with E-state index in [9.17, 15) is 17.6 Å². The first-order valence-electron chi connectivity index (χ1n) is 6.61. The maximum Gasteiger partial charge on any atom is 0.253 e. The van der Waals surface area contributed by atoms with Crippen LogP contribution in [0.3, 0.4) is 0 Å². The zero-order valence-electron chi connectivity index (χ0n) is 11.7. The molecule has 1 fully saturated rings. The summed E-state index contributed by atoms with van der Waals surface area (Å²) in [5.74, 6) is -0.935. The first kappa shape index (κ1) is 15.9. The Bertz CT molecular complexity index is 648. The molecule has 21 heavy (non-hydrogen) atoms. The van der Waals surface area contributed by atoms with Gasteiger partial charge in [0.15, 0.2) is 0 Å². The highest BCUT2D eigenvalue weighted by Gasteiger charge is 2.27. The summed E-state index contributed by atoms with van der Waals surface area (Å²) in [5.41, 5.74) is 5.73. The van der Waals surface area contributed by atoms with Crippen LogP contribution in [0, 0.1) is 11.7 Å². The van der Waals surface area contributed by atoms with E-state index >= 15 is 0 Å². The van der Waals surface area contributed by atoms with Crippen molar-refractivity contribution in [2.45, 2.75) is 11.3 Å². The molecule has 0 radical (unpaired) electrons. The van der Waals surface area contributed by atoms with Gasteiger partial charge in [0.05, 0.1) is 0 Å². The fourth-order valence-corrected chi connectivity index (χ4v) is 3.17. The number of nitrogens with zero attached hydrogens (tertiary/aromatic N) is 1. The largest absolute Gasteiger partial charge is 0.338 e. The summed E-state index contributed by atoms with van der Waals surface area (Å²) in [5, 5.41) is 0. The Morgan fingerprint density at radius 2 is 2.24 bits per heavy atom. The van der Waals surface area contributed by atoms with Gasteiger partial charge in [-0.1, -0.05) is 0 Å². The zero-order chi connectivity index (χ0) is 15.6. The lowest BCUT2D eigenvalue weighted by atomic mass is 10.1. The number of sulfonamides is 1. The van der Waals surface area contributed by atoms with Crippen LogP contribution in [0.25, 0.3) is 0 Å². The lowest BCUT2D eigenvalue weighted by Crippen LogP contribution is -2.30. The molecule has 1 aliphatic heterocycles. The van der Waals surface area contributed by atoms with Crippen LogP contribution >= 0.6 is 0 Å². The summed E-state index contributed by atoms with van der Waals surface area (Å²) >= 11 is 0. The highest BCUT2D eigenvalue weighted by Crippen LogP contribution is 2.21. The lowest BCUT2D eigenvalue weighted by molar-refractivity contribution is 0.0787. The summed E-state index contributed by atoms with van der Waals surface area (Å²) in [7, 11) is -2.75. The number of nitrogens with one attached hydrogen (secondary N) is 1. The van der Waals surface area contributed by atoms with Crippen LogP contribution < -0.4 is 10.5 Å². The van der Waals surface area contributed by atoms with Gasteiger partial charge in [0.25, 0.3) is 5.91 Å². The summed E-state index contributed by atoms with van der Waals surface area (Å²) < 4.78 is 39.1. The topological polar surface area (TPSA) is 92.5 Å². The summed E-state index contributed by atoms with van der Waals surface area (Å²) in [4.78, 5) is 13.4. The molecule has 0 bridgehead atoms. The number of amides is 1. The summed E-state index contributed by atoms with van der Waals surface area (Å²) in [6, 6.07) is 3.36. The fraction of sp³-hybridized carbons (Fsp3) is 0.462. The van der Waals surface area contributed by atoms with E-state index in [1.807, 2.05) is 4.72 Å². The summed E-state index contributed by atoms with van der Waals surface area (Å²) in [6.07, 6.45) is 0.825. The molecule has 116 valence electrons. The number of nitrogens with two attached hydrogens (primary N) is 1. The second-order valence-electron chi connectivity index (χ2n) is 4.99. The maximum atomic E-state index is 13.6. The molecule has 1 atom stereocenters. The molecule has 1 aromatic carbocycles. The van der Waals surface area contributed by atoms with Gasteiger partial charge in [-0.3, -0.25) is 4.79 Å². The van der Waals surface area contributed by atoms with Gasteiger partial charge >= 0.3 is 0 Å². The van der Waals surface area contributed by atoms with Crippen LogP contribution in [0.5, 0.6) is 0 Å². The number of carbonyl (C=O) groups excluding carboxylic acids is 1. The van der Waals surface area contributed by atoms with Gasteiger partial charge in [0.1, 0.15) is 10.7 Å². The van der Waals surface area contributed by atoms with E-state index in [0.717, 1.165) is 18.6 Å². The fourth-order valence-electron chi connectivity index (χ4n) is 2.34. The van der Waals surface area contributed by atoms with Crippen molar-refractivity contribution in [1.82, 2.24) is 9.62 Å². The molecule has 0 spiro atoms. The van der Waals surface area contributed by atoms with Crippen LogP contribution in [0.15, 0.2) is 23.1 Å². The van der Waals surface area contributed by atoms with Crippen LogP contribution in [0.1, 0.15) is 16.8 Å². The van der Waals surface area contributed by atoms with Crippen molar-refractivity contribution in [3.63, 3.8) is 0 Å². The van der Waals surface area contributed by atoms with Gasteiger partial charge in [0, 0.05) is 18.7 Å². The van der Waals surface area contributed by atoms with Gasteiger partial charge in [-0.2, -0.15) is 0 Å². The first-order chi connectivity index (χ1) is 9.89. The minimum Gasteiger partial charge on any atom is -0.338 e. The van der Waals surface area contributed by atoms with Crippen LogP contribution in [0.2, 0.25) is 0 Å². The van der Waals surface area contributed by atoms with E-state index in [1.54, 1.807) is 4.90 Å². The summed E-state index contributed by atoms with van der Waals surface area (Å²) in [6.45, 7) is 1.62. The van der Waals surface area contributed by atoms with Gasteiger partial charge in [-0.25, -0.2) is 17.5 Å². The van der Waals surface area contributed by atoms with Crippen molar-refractivity contribution in [3.8, 4) is 0 Å². The van der Waals surface area contributed by atoms with Crippen molar-refractivity contribution in [3.05, 3.63) is 29.6 Å². The van der Waals surface area contributed by atoms with Crippen molar-refractivity contribution in [2.75, 3.05) is 26.7 Å². The van der Waals surface area contributed by atoms with E-state index < -0.39 is 20.7 Å².